The molecule has 2 rings (SSSR count). The maximum absolute atomic E-state index is 11.9. The number of aliphatic hydroxyl groups excluding tert-OH is 1. The van der Waals surface area contributed by atoms with Crippen LogP contribution in [-0.2, 0) is 6.42 Å². The van der Waals surface area contributed by atoms with E-state index >= 15 is 0 Å². The largest absolute Gasteiger partial charge is 0.393 e. The molecule has 116 valence electrons. The van der Waals surface area contributed by atoms with Crippen molar-refractivity contribution in [1.82, 2.24) is 10.6 Å². The topological polar surface area (TPSA) is 61.4 Å². The van der Waals surface area contributed by atoms with Crippen molar-refractivity contribution in [3.63, 3.8) is 0 Å². The quantitative estimate of drug-likeness (QED) is 0.689. The molecule has 0 aliphatic heterocycles. The van der Waals surface area contributed by atoms with Crippen LogP contribution in [0.3, 0.4) is 0 Å². The van der Waals surface area contributed by atoms with Gasteiger partial charge in [-0.05, 0) is 43.6 Å². The Labute approximate surface area is 126 Å². The Morgan fingerprint density at radius 1 is 1.33 bits per heavy atom. The van der Waals surface area contributed by atoms with Gasteiger partial charge in [-0.1, -0.05) is 37.3 Å². The maximum atomic E-state index is 11.9. The molecule has 0 spiro atoms. The molecule has 1 aromatic carbocycles. The van der Waals surface area contributed by atoms with Gasteiger partial charge in [0.25, 0.3) is 0 Å². The lowest BCUT2D eigenvalue weighted by Crippen LogP contribution is -2.44. The van der Waals surface area contributed by atoms with Crippen LogP contribution in [0.1, 0.15) is 38.2 Å². The molecule has 4 heteroatoms. The highest BCUT2D eigenvalue weighted by atomic mass is 16.3. The van der Waals surface area contributed by atoms with Gasteiger partial charge < -0.3 is 15.7 Å². The predicted octanol–water partition coefficient (Wildman–Crippen LogP) is 2.47. The first-order valence-electron chi connectivity index (χ1n) is 7.95. The van der Waals surface area contributed by atoms with Crippen molar-refractivity contribution in [2.45, 2.75) is 51.2 Å². The SMILES string of the molecule is CCC(O)CCNC(=O)NC(Cc1ccccc1)C1CC1. The Balaban J connectivity index is 1.76. The third-order valence-electron chi connectivity index (χ3n) is 4.04. The number of amides is 2. The fraction of sp³-hybridized carbons (Fsp3) is 0.588. The van der Waals surface area contributed by atoms with Crippen LogP contribution >= 0.6 is 0 Å². The molecule has 0 saturated heterocycles. The van der Waals surface area contributed by atoms with Crippen LogP contribution in [0.25, 0.3) is 0 Å². The number of urea groups is 1. The van der Waals surface area contributed by atoms with Gasteiger partial charge in [-0.2, -0.15) is 0 Å². The molecular formula is C17H26N2O2. The summed E-state index contributed by atoms with van der Waals surface area (Å²) >= 11 is 0. The molecule has 2 amide bonds. The normalized spacial score (nSPS) is 17.0. The van der Waals surface area contributed by atoms with E-state index in [9.17, 15) is 9.90 Å². The van der Waals surface area contributed by atoms with E-state index in [0.29, 0.717) is 18.9 Å². The van der Waals surface area contributed by atoms with Crippen LogP contribution in [0.4, 0.5) is 4.79 Å². The summed E-state index contributed by atoms with van der Waals surface area (Å²) in [5, 5.41) is 15.4. The van der Waals surface area contributed by atoms with Crippen molar-refractivity contribution in [2.75, 3.05) is 6.54 Å². The lowest BCUT2D eigenvalue weighted by atomic mass is 10.0. The van der Waals surface area contributed by atoms with Crippen LogP contribution in [0.2, 0.25) is 0 Å². The molecule has 0 aromatic heterocycles. The fourth-order valence-corrected chi connectivity index (χ4v) is 2.48. The van der Waals surface area contributed by atoms with Gasteiger partial charge in [-0.25, -0.2) is 4.79 Å². The highest BCUT2D eigenvalue weighted by Gasteiger charge is 2.32. The molecule has 1 aliphatic carbocycles. The minimum atomic E-state index is -0.325. The minimum absolute atomic E-state index is 0.119. The lowest BCUT2D eigenvalue weighted by molar-refractivity contribution is 0.160. The minimum Gasteiger partial charge on any atom is -0.393 e. The van der Waals surface area contributed by atoms with Gasteiger partial charge >= 0.3 is 6.03 Å². The molecule has 2 unspecified atom stereocenters. The van der Waals surface area contributed by atoms with Gasteiger partial charge in [0.1, 0.15) is 0 Å². The van der Waals surface area contributed by atoms with E-state index < -0.39 is 0 Å². The lowest BCUT2D eigenvalue weighted by Gasteiger charge is -2.19. The van der Waals surface area contributed by atoms with Gasteiger partial charge in [0.2, 0.25) is 0 Å². The summed E-state index contributed by atoms with van der Waals surface area (Å²) in [6.07, 6.45) is 4.29. The monoisotopic (exact) mass is 290 g/mol. The van der Waals surface area contributed by atoms with Gasteiger partial charge in [-0.3, -0.25) is 0 Å². The van der Waals surface area contributed by atoms with Crippen LogP contribution in [-0.4, -0.2) is 29.8 Å². The zero-order chi connectivity index (χ0) is 15.1. The van der Waals surface area contributed by atoms with Crippen molar-refractivity contribution in [2.24, 2.45) is 5.92 Å². The number of benzene rings is 1. The van der Waals surface area contributed by atoms with Gasteiger partial charge in [0, 0.05) is 12.6 Å². The standard InChI is InChI=1S/C17H26N2O2/c1-2-15(20)10-11-18-17(21)19-16(14-8-9-14)12-13-6-4-3-5-7-13/h3-7,14-16,20H,2,8-12H2,1H3,(H2,18,19,21). The number of hydrogen-bond acceptors (Lipinski definition) is 2. The summed E-state index contributed by atoms with van der Waals surface area (Å²) < 4.78 is 0. The van der Waals surface area contributed by atoms with Crippen LogP contribution in [0, 0.1) is 5.92 Å². The Morgan fingerprint density at radius 2 is 2.05 bits per heavy atom. The number of hydrogen-bond donors (Lipinski definition) is 3. The molecule has 4 nitrogen and oxygen atoms in total. The zero-order valence-corrected chi connectivity index (χ0v) is 12.7. The average molecular weight is 290 g/mol. The van der Waals surface area contributed by atoms with E-state index in [4.69, 9.17) is 0 Å². The van der Waals surface area contributed by atoms with Crippen molar-refractivity contribution in [3.8, 4) is 0 Å². The first kappa shape index (κ1) is 15.8. The van der Waals surface area contributed by atoms with E-state index in [1.807, 2.05) is 25.1 Å². The number of carbonyl (C=O) groups excluding carboxylic acids is 1. The van der Waals surface area contributed by atoms with Crippen LogP contribution in [0.15, 0.2) is 30.3 Å². The number of nitrogens with one attached hydrogen (secondary N) is 2. The third-order valence-corrected chi connectivity index (χ3v) is 4.04. The maximum Gasteiger partial charge on any atom is 0.315 e. The van der Waals surface area contributed by atoms with Crippen molar-refractivity contribution in [1.29, 1.82) is 0 Å². The second-order valence-corrected chi connectivity index (χ2v) is 5.88. The van der Waals surface area contributed by atoms with Gasteiger partial charge in [-0.15, -0.1) is 0 Å². The molecule has 1 saturated carbocycles. The van der Waals surface area contributed by atoms with Crippen molar-refractivity contribution < 1.29 is 9.90 Å². The van der Waals surface area contributed by atoms with E-state index in [1.54, 1.807) is 0 Å². The summed E-state index contributed by atoms with van der Waals surface area (Å²) in [4.78, 5) is 11.9. The molecule has 1 aliphatic rings. The summed E-state index contributed by atoms with van der Waals surface area (Å²) in [6, 6.07) is 10.4. The summed E-state index contributed by atoms with van der Waals surface area (Å²) in [7, 11) is 0. The zero-order valence-electron chi connectivity index (χ0n) is 12.7. The highest BCUT2D eigenvalue weighted by Crippen LogP contribution is 2.34. The third kappa shape index (κ3) is 5.76. The van der Waals surface area contributed by atoms with Gasteiger partial charge in [0.05, 0.1) is 6.10 Å². The van der Waals surface area contributed by atoms with E-state index in [-0.39, 0.29) is 18.2 Å². The molecule has 1 aromatic rings. The molecule has 3 N–H and O–H groups in total. The molecule has 1 fully saturated rings. The summed E-state index contributed by atoms with van der Waals surface area (Å²) in [5.41, 5.74) is 1.26. The predicted molar refractivity (Wildman–Crippen MR) is 84.1 cm³/mol. The Morgan fingerprint density at radius 3 is 2.67 bits per heavy atom. The Kier molecular flexibility index (Phi) is 6.05. The fourth-order valence-electron chi connectivity index (χ4n) is 2.48. The van der Waals surface area contributed by atoms with Crippen LogP contribution < -0.4 is 10.6 Å². The second-order valence-electron chi connectivity index (χ2n) is 5.88. The molecule has 0 bridgehead atoms. The summed E-state index contributed by atoms with van der Waals surface area (Å²) in [6.45, 7) is 2.46. The number of carbonyl (C=O) groups is 1. The van der Waals surface area contributed by atoms with Gasteiger partial charge in [0.15, 0.2) is 0 Å². The Hall–Kier alpha value is -1.55. The first-order valence-corrected chi connectivity index (χ1v) is 7.95. The molecule has 0 heterocycles. The summed E-state index contributed by atoms with van der Waals surface area (Å²) in [5.74, 6) is 0.609. The van der Waals surface area contributed by atoms with Crippen LogP contribution in [0.5, 0.6) is 0 Å². The number of rotatable bonds is 8. The smallest absolute Gasteiger partial charge is 0.315 e. The second kappa shape index (κ2) is 8.03. The molecule has 0 radical (unpaired) electrons. The average Bonchev–Trinajstić information content (AvgIpc) is 3.32. The van der Waals surface area contributed by atoms with E-state index in [0.717, 1.165) is 12.8 Å². The first-order chi connectivity index (χ1) is 10.2. The van der Waals surface area contributed by atoms with Crippen molar-refractivity contribution in [3.05, 3.63) is 35.9 Å². The van der Waals surface area contributed by atoms with E-state index in [1.165, 1.54) is 18.4 Å². The highest BCUT2D eigenvalue weighted by molar-refractivity contribution is 5.74. The molecule has 21 heavy (non-hydrogen) atoms. The van der Waals surface area contributed by atoms with Crippen molar-refractivity contribution >= 4 is 6.03 Å². The molecular weight excluding hydrogens is 264 g/mol. The Bertz CT molecular complexity index is 432. The van der Waals surface area contributed by atoms with E-state index in [2.05, 4.69) is 22.8 Å². The number of aliphatic hydroxyl groups is 1. The molecule has 2 atom stereocenters.